The summed E-state index contributed by atoms with van der Waals surface area (Å²) in [7, 11) is 0. The number of rotatable bonds is 0. The van der Waals surface area contributed by atoms with E-state index >= 15 is 0 Å². The molecule has 1 spiro atoms. The van der Waals surface area contributed by atoms with Crippen molar-refractivity contribution in [2.75, 3.05) is 6.61 Å². The van der Waals surface area contributed by atoms with Crippen LogP contribution in [-0.2, 0) is 14.3 Å². The summed E-state index contributed by atoms with van der Waals surface area (Å²) in [5.74, 6) is 3.45. The van der Waals surface area contributed by atoms with Crippen LogP contribution in [-0.4, -0.2) is 35.5 Å². The lowest BCUT2D eigenvalue weighted by Crippen LogP contribution is -2.58. The molecule has 0 aromatic rings. The molecule has 0 radical (unpaired) electrons. The average Bonchev–Trinajstić information content (AvgIpc) is 3.18. The first-order valence-electron chi connectivity index (χ1n) is 13.2. The molecule has 4 nitrogen and oxygen atoms in total. The van der Waals surface area contributed by atoms with Gasteiger partial charge in [-0.25, -0.2) is 0 Å². The molecular formula is C27H42O4. The number of fused-ring (bicyclic) bond motifs is 7. The van der Waals surface area contributed by atoms with Crippen LogP contribution in [0.15, 0.2) is 0 Å². The van der Waals surface area contributed by atoms with E-state index in [0.717, 1.165) is 51.6 Å². The van der Waals surface area contributed by atoms with E-state index < -0.39 is 5.79 Å². The minimum absolute atomic E-state index is 0.131. The van der Waals surface area contributed by atoms with Gasteiger partial charge in [0.15, 0.2) is 5.79 Å². The number of carbonyl (C=O) groups excluding carboxylic acids is 1. The third-order valence-corrected chi connectivity index (χ3v) is 11.8. The summed E-state index contributed by atoms with van der Waals surface area (Å²) in [6, 6.07) is 0. The van der Waals surface area contributed by atoms with E-state index in [0.29, 0.717) is 41.3 Å². The Kier molecular flexibility index (Phi) is 4.62. The summed E-state index contributed by atoms with van der Waals surface area (Å²) in [6.45, 7) is 10.1. The van der Waals surface area contributed by atoms with Crippen molar-refractivity contribution in [1.29, 1.82) is 0 Å². The molecule has 4 aliphatic carbocycles. The molecule has 174 valence electrons. The van der Waals surface area contributed by atoms with Crippen LogP contribution in [0.1, 0.15) is 85.5 Å². The van der Waals surface area contributed by atoms with Crippen LogP contribution in [0.25, 0.3) is 0 Å². The molecule has 2 aliphatic heterocycles. The first-order valence-corrected chi connectivity index (χ1v) is 13.2. The highest BCUT2D eigenvalue weighted by Gasteiger charge is 2.71. The first kappa shape index (κ1) is 21.1. The monoisotopic (exact) mass is 430 g/mol. The zero-order valence-electron chi connectivity index (χ0n) is 19.9. The first-order chi connectivity index (χ1) is 14.7. The molecule has 4 heteroatoms. The average molecular weight is 431 g/mol. The van der Waals surface area contributed by atoms with Crippen molar-refractivity contribution in [2.24, 2.45) is 52.3 Å². The molecule has 0 aromatic carbocycles. The molecule has 0 unspecified atom stereocenters. The summed E-state index contributed by atoms with van der Waals surface area (Å²) in [4.78, 5) is 14.0. The van der Waals surface area contributed by atoms with Gasteiger partial charge in [-0.05, 0) is 80.0 Å². The van der Waals surface area contributed by atoms with E-state index in [1.165, 1.54) is 12.8 Å². The Bertz CT molecular complexity index is 756. The van der Waals surface area contributed by atoms with Gasteiger partial charge in [0.05, 0.1) is 18.8 Å². The van der Waals surface area contributed by atoms with Gasteiger partial charge in [-0.3, -0.25) is 4.79 Å². The Morgan fingerprint density at radius 2 is 1.81 bits per heavy atom. The molecule has 1 N–H and O–H groups in total. The summed E-state index contributed by atoms with van der Waals surface area (Å²) in [6.07, 6.45) is 9.39. The Balaban J connectivity index is 1.30. The Hall–Kier alpha value is -0.450. The number of aliphatic hydroxyl groups excluding tert-OH is 1. The van der Waals surface area contributed by atoms with Crippen LogP contribution in [0, 0.1) is 52.3 Å². The number of ketones is 1. The molecule has 2 saturated heterocycles. The van der Waals surface area contributed by atoms with Gasteiger partial charge in [-0.2, -0.15) is 0 Å². The molecule has 31 heavy (non-hydrogen) atoms. The van der Waals surface area contributed by atoms with Crippen LogP contribution in [0.2, 0.25) is 0 Å². The van der Waals surface area contributed by atoms with E-state index in [-0.39, 0.29) is 29.0 Å². The molecule has 2 heterocycles. The van der Waals surface area contributed by atoms with Gasteiger partial charge in [0.2, 0.25) is 0 Å². The predicted octanol–water partition coefficient (Wildman–Crippen LogP) is 4.97. The van der Waals surface area contributed by atoms with Crippen molar-refractivity contribution in [1.82, 2.24) is 0 Å². The maximum absolute atomic E-state index is 14.0. The molecule has 6 fully saturated rings. The Morgan fingerprint density at radius 1 is 1.00 bits per heavy atom. The topological polar surface area (TPSA) is 55.8 Å². The number of carbonyl (C=O) groups is 1. The van der Waals surface area contributed by atoms with Crippen molar-refractivity contribution in [3.05, 3.63) is 0 Å². The largest absolute Gasteiger partial charge is 0.393 e. The zero-order chi connectivity index (χ0) is 21.8. The number of aliphatic hydroxyl groups is 1. The van der Waals surface area contributed by atoms with Gasteiger partial charge in [0.1, 0.15) is 5.78 Å². The van der Waals surface area contributed by atoms with Crippen LogP contribution in [0.5, 0.6) is 0 Å². The summed E-state index contributed by atoms with van der Waals surface area (Å²) in [5.41, 5.74) is -0.0221. The second kappa shape index (κ2) is 6.79. The fourth-order valence-electron chi connectivity index (χ4n) is 9.93. The highest BCUT2D eigenvalue weighted by atomic mass is 16.7. The van der Waals surface area contributed by atoms with Crippen LogP contribution >= 0.6 is 0 Å². The highest BCUT2D eigenvalue weighted by Crippen LogP contribution is 2.70. The third kappa shape index (κ3) is 2.68. The second-order valence-electron chi connectivity index (χ2n) is 13.0. The molecule has 0 bridgehead atoms. The van der Waals surface area contributed by atoms with Gasteiger partial charge < -0.3 is 14.6 Å². The standard InChI is InChI=1S/C27H42O4/c1-15-7-10-27(30-14-15)16(2)24-22(31-27)12-21-19-6-5-17-11-18(28)8-9-25(17,3)20(19)13-23(29)26(21,24)4/h15-22,24,28H,5-14H2,1-4H3/t15-,16+,17-,18+,19-,20-,21-,22-,24+,25+,26-,27-/m1/s1. The van der Waals surface area contributed by atoms with Gasteiger partial charge in [-0.15, -0.1) is 0 Å². The molecule has 0 amide bonds. The van der Waals surface area contributed by atoms with Crippen molar-refractivity contribution < 1.29 is 19.4 Å². The highest BCUT2D eigenvalue weighted by molar-refractivity contribution is 5.87. The van der Waals surface area contributed by atoms with E-state index in [2.05, 4.69) is 27.7 Å². The molecule has 12 atom stereocenters. The van der Waals surface area contributed by atoms with Gasteiger partial charge in [0.25, 0.3) is 0 Å². The van der Waals surface area contributed by atoms with Gasteiger partial charge >= 0.3 is 0 Å². The third-order valence-electron chi connectivity index (χ3n) is 11.8. The molecular weight excluding hydrogens is 388 g/mol. The van der Waals surface area contributed by atoms with Crippen molar-refractivity contribution in [3.8, 4) is 0 Å². The van der Waals surface area contributed by atoms with Crippen molar-refractivity contribution in [2.45, 2.75) is 103 Å². The summed E-state index contributed by atoms with van der Waals surface area (Å²) < 4.78 is 13.2. The van der Waals surface area contributed by atoms with Crippen LogP contribution in [0.3, 0.4) is 0 Å². The van der Waals surface area contributed by atoms with Crippen molar-refractivity contribution >= 4 is 5.78 Å². The van der Waals surface area contributed by atoms with Gasteiger partial charge in [0, 0.05) is 30.1 Å². The fraction of sp³-hybridized carbons (Fsp3) is 0.963. The smallest absolute Gasteiger partial charge is 0.171 e. The molecule has 6 aliphatic rings. The second-order valence-corrected chi connectivity index (χ2v) is 13.0. The Labute approximate surface area is 187 Å². The number of hydrogen-bond acceptors (Lipinski definition) is 4. The number of Topliss-reactive ketones (excluding diaryl/α,β-unsaturated/α-hetero) is 1. The van der Waals surface area contributed by atoms with E-state index in [4.69, 9.17) is 9.47 Å². The normalized spacial score (nSPS) is 60.9. The minimum atomic E-state index is -0.448. The zero-order valence-corrected chi connectivity index (χ0v) is 19.9. The minimum Gasteiger partial charge on any atom is -0.393 e. The summed E-state index contributed by atoms with van der Waals surface area (Å²) >= 11 is 0. The van der Waals surface area contributed by atoms with Gasteiger partial charge in [-0.1, -0.05) is 27.7 Å². The van der Waals surface area contributed by atoms with E-state index in [1.807, 2.05) is 0 Å². The van der Waals surface area contributed by atoms with E-state index in [9.17, 15) is 9.90 Å². The molecule has 4 saturated carbocycles. The molecule has 6 rings (SSSR count). The SMILES string of the molecule is C[C@@H]1CC[C@@]2(OC1)O[C@@H]1C[C@@H]3[C@@H]4CC[C@@H]5C[C@@H](O)CC[C@]5(C)[C@@H]4CC(=O)[C@]3(C)[C@H]1[C@@H]2C. The predicted molar refractivity (Wildman–Crippen MR) is 118 cm³/mol. The van der Waals surface area contributed by atoms with Crippen molar-refractivity contribution in [3.63, 3.8) is 0 Å². The van der Waals surface area contributed by atoms with Crippen LogP contribution < -0.4 is 0 Å². The van der Waals surface area contributed by atoms with Crippen LogP contribution in [0.4, 0.5) is 0 Å². The summed E-state index contributed by atoms with van der Waals surface area (Å²) in [5, 5.41) is 10.3. The number of hydrogen-bond donors (Lipinski definition) is 1. The lowest BCUT2D eigenvalue weighted by molar-refractivity contribution is -0.272. The maximum atomic E-state index is 14.0. The Morgan fingerprint density at radius 3 is 2.55 bits per heavy atom. The van der Waals surface area contributed by atoms with E-state index in [1.54, 1.807) is 0 Å². The lowest BCUT2D eigenvalue weighted by Gasteiger charge is -2.60. The maximum Gasteiger partial charge on any atom is 0.171 e. The lowest BCUT2D eigenvalue weighted by atomic mass is 9.44. The molecule has 0 aromatic heterocycles. The number of ether oxygens (including phenoxy) is 2. The fourth-order valence-corrected chi connectivity index (χ4v) is 9.93. The quantitative estimate of drug-likeness (QED) is 0.589.